The molecule has 0 aliphatic rings. The molecule has 1 atom stereocenters. The van der Waals surface area contributed by atoms with Gasteiger partial charge in [0.25, 0.3) is 5.91 Å². The van der Waals surface area contributed by atoms with Crippen LogP contribution >= 0.6 is 0 Å². The molecular formula is C18H15FN4O3. The lowest BCUT2D eigenvalue weighted by atomic mass is 9.91. The number of benzene rings is 1. The van der Waals surface area contributed by atoms with Crippen LogP contribution in [0.3, 0.4) is 0 Å². The van der Waals surface area contributed by atoms with Crippen LogP contribution in [-0.4, -0.2) is 32.2 Å². The maximum atomic E-state index is 13.5. The molecule has 0 radical (unpaired) electrons. The number of hydrogen-bond acceptors (Lipinski definition) is 4. The van der Waals surface area contributed by atoms with Crippen molar-refractivity contribution in [1.29, 1.82) is 0 Å². The minimum atomic E-state index is -1.80. The van der Waals surface area contributed by atoms with Crippen LogP contribution in [0.1, 0.15) is 23.0 Å². The molecule has 2 aromatic heterocycles. The van der Waals surface area contributed by atoms with E-state index in [1.54, 1.807) is 24.5 Å². The lowest BCUT2D eigenvalue weighted by Gasteiger charge is -2.26. The topological polar surface area (TPSA) is 108 Å². The predicted octanol–water partition coefficient (Wildman–Crippen LogP) is 2.34. The molecule has 26 heavy (non-hydrogen) atoms. The molecule has 0 aliphatic carbocycles. The van der Waals surface area contributed by atoms with Gasteiger partial charge in [-0.3, -0.25) is 14.9 Å². The molecule has 0 bridgehead atoms. The first-order valence-electron chi connectivity index (χ1n) is 7.68. The molecule has 132 valence electrons. The van der Waals surface area contributed by atoms with Gasteiger partial charge in [0.1, 0.15) is 11.5 Å². The zero-order valence-corrected chi connectivity index (χ0v) is 13.7. The molecule has 7 nitrogen and oxygen atoms in total. The molecule has 2 heterocycles. The molecule has 0 saturated heterocycles. The third-order valence-corrected chi connectivity index (χ3v) is 3.99. The number of carboxylic acids is 1. The lowest BCUT2D eigenvalue weighted by Crippen LogP contribution is -2.49. The summed E-state index contributed by atoms with van der Waals surface area (Å²) in [6.45, 7) is 1.29. The predicted molar refractivity (Wildman–Crippen MR) is 90.7 cm³/mol. The van der Waals surface area contributed by atoms with Crippen molar-refractivity contribution >= 4 is 11.9 Å². The monoisotopic (exact) mass is 354 g/mol. The fourth-order valence-corrected chi connectivity index (χ4v) is 2.45. The smallest absolute Gasteiger partial charge is 0.333 e. The van der Waals surface area contributed by atoms with E-state index in [0.29, 0.717) is 5.69 Å². The van der Waals surface area contributed by atoms with Gasteiger partial charge in [0, 0.05) is 18.0 Å². The summed E-state index contributed by atoms with van der Waals surface area (Å²) in [5.74, 6) is -2.58. The van der Waals surface area contributed by atoms with Crippen LogP contribution in [0.15, 0.2) is 54.9 Å². The maximum Gasteiger partial charge on any atom is 0.333 e. The molecule has 3 rings (SSSR count). The van der Waals surface area contributed by atoms with Gasteiger partial charge in [-0.15, -0.1) is 0 Å². The molecule has 0 aliphatic heterocycles. The van der Waals surface area contributed by atoms with Gasteiger partial charge in [0.05, 0.1) is 5.69 Å². The van der Waals surface area contributed by atoms with Gasteiger partial charge in [-0.2, -0.15) is 5.10 Å². The number of H-pyrrole nitrogens is 1. The van der Waals surface area contributed by atoms with E-state index in [1.165, 1.54) is 31.2 Å². The van der Waals surface area contributed by atoms with E-state index in [4.69, 9.17) is 0 Å². The molecule has 3 N–H and O–H groups in total. The van der Waals surface area contributed by atoms with Crippen molar-refractivity contribution in [3.8, 4) is 11.3 Å². The summed E-state index contributed by atoms with van der Waals surface area (Å²) >= 11 is 0. The van der Waals surface area contributed by atoms with Gasteiger partial charge >= 0.3 is 5.97 Å². The van der Waals surface area contributed by atoms with E-state index in [1.807, 2.05) is 0 Å². The van der Waals surface area contributed by atoms with Crippen LogP contribution in [0.5, 0.6) is 0 Å². The Balaban J connectivity index is 1.88. The summed E-state index contributed by atoms with van der Waals surface area (Å²) in [5.41, 5.74) is -0.337. The second-order valence-corrected chi connectivity index (χ2v) is 5.80. The molecule has 0 fully saturated rings. The first-order valence-corrected chi connectivity index (χ1v) is 7.68. The van der Waals surface area contributed by atoms with Crippen LogP contribution in [0.2, 0.25) is 0 Å². The fourth-order valence-electron chi connectivity index (χ4n) is 2.45. The van der Waals surface area contributed by atoms with Crippen molar-refractivity contribution in [3.05, 3.63) is 71.9 Å². The number of rotatable bonds is 5. The number of pyridine rings is 1. The van der Waals surface area contributed by atoms with Gasteiger partial charge in [-0.05, 0) is 42.8 Å². The first-order chi connectivity index (χ1) is 12.4. The van der Waals surface area contributed by atoms with Crippen molar-refractivity contribution < 1.29 is 19.1 Å². The number of halogens is 1. The van der Waals surface area contributed by atoms with Crippen molar-refractivity contribution in [1.82, 2.24) is 20.5 Å². The average molecular weight is 354 g/mol. The molecular weight excluding hydrogens is 339 g/mol. The second-order valence-electron chi connectivity index (χ2n) is 5.80. The first kappa shape index (κ1) is 17.3. The lowest BCUT2D eigenvalue weighted by molar-refractivity contribution is -0.144. The van der Waals surface area contributed by atoms with Gasteiger partial charge in [0.2, 0.25) is 0 Å². The Kier molecular flexibility index (Phi) is 4.49. The molecule has 3 aromatic rings. The van der Waals surface area contributed by atoms with Crippen LogP contribution in [0.25, 0.3) is 11.3 Å². The molecule has 8 heteroatoms. The summed E-state index contributed by atoms with van der Waals surface area (Å²) in [4.78, 5) is 28.2. The van der Waals surface area contributed by atoms with Crippen LogP contribution in [-0.2, 0) is 10.3 Å². The highest BCUT2D eigenvalue weighted by molar-refractivity contribution is 5.97. The number of aromatic nitrogens is 3. The summed E-state index contributed by atoms with van der Waals surface area (Å²) in [5, 5.41) is 18.6. The van der Waals surface area contributed by atoms with Crippen molar-refractivity contribution in [2.24, 2.45) is 0 Å². The Morgan fingerprint density at radius 1 is 1.19 bits per heavy atom. The molecule has 0 saturated carbocycles. The third-order valence-electron chi connectivity index (χ3n) is 3.99. The highest BCUT2D eigenvalue weighted by Gasteiger charge is 2.37. The largest absolute Gasteiger partial charge is 0.479 e. The minimum Gasteiger partial charge on any atom is -0.479 e. The van der Waals surface area contributed by atoms with Crippen LogP contribution < -0.4 is 5.32 Å². The number of nitrogens with zero attached hydrogens (tertiary/aromatic N) is 2. The fraction of sp³-hybridized carbons (Fsp3) is 0.111. The summed E-state index contributed by atoms with van der Waals surface area (Å²) < 4.78 is 13.5. The normalized spacial score (nSPS) is 13.0. The number of carbonyl (C=O) groups is 2. The Morgan fingerprint density at radius 2 is 1.92 bits per heavy atom. The zero-order valence-electron chi connectivity index (χ0n) is 13.7. The number of aliphatic carboxylic acids is 1. The molecule has 1 aromatic carbocycles. The highest BCUT2D eigenvalue weighted by Crippen LogP contribution is 2.23. The SMILES string of the molecule is CC(NC(=O)c1cc(-c2ccncc2)n[nH]1)(C(=O)O)c1cccc(F)c1. The van der Waals surface area contributed by atoms with Gasteiger partial charge in [-0.25, -0.2) is 9.18 Å². The Morgan fingerprint density at radius 3 is 2.58 bits per heavy atom. The van der Waals surface area contributed by atoms with Gasteiger partial charge in [0.15, 0.2) is 5.54 Å². The number of carboxylic acid groups (broad SMARTS) is 1. The Hall–Kier alpha value is -3.55. The van der Waals surface area contributed by atoms with E-state index < -0.39 is 23.2 Å². The number of carbonyl (C=O) groups excluding carboxylic acids is 1. The molecule has 0 spiro atoms. The van der Waals surface area contributed by atoms with Crippen LogP contribution in [0, 0.1) is 5.82 Å². The van der Waals surface area contributed by atoms with E-state index in [0.717, 1.165) is 11.6 Å². The van der Waals surface area contributed by atoms with Crippen molar-refractivity contribution in [2.75, 3.05) is 0 Å². The Bertz CT molecular complexity index is 958. The summed E-state index contributed by atoms with van der Waals surface area (Å²) in [7, 11) is 0. The standard InChI is InChI=1S/C18H15FN4O3/c1-18(17(25)26,12-3-2-4-13(19)9-12)21-16(24)15-10-14(22-23-15)11-5-7-20-8-6-11/h2-10H,1H3,(H,21,24)(H,22,23)(H,25,26). The van der Waals surface area contributed by atoms with Gasteiger partial charge in [-0.1, -0.05) is 12.1 Å². The number of nitrogens with one attached hydrogen (secondary N) is 2. The van der Waals surface area contributed by atoms with E-state index in [9.17, 15) is 19.1 Å². The number of amides is 1. The zero-order chi connectivity index (χ0) is 18.7. The summed E-state index contributed by atoms with van der Waals surface area (Å²) in [6, 6.07) is 10.0. The van der Waals surface area contributed by atoms with E-state index >= 15 is 0 Å². The third kappa shape index (κ3) is 3.30. The second kappa shape index (κ2) is 6.75. The Labute approximate surface area is 147 Å². The quantitative estimate of drug-likeness (QED) is 0.652. The van der Waals surface area contributed by atoms with Crippen LogP contribution in [0.4, 0.5) is 4.39 Å². The molecule has 1 unspecified atom stereocenters. The van der Waals surface area contributed by atoms with E-state index in [2.05, 4.69) is 20.5 Å². The number of hydrogen-bond donors (Lipinski definition) is 3. The number of aromatic amines is 1. The average Bonchev–Trinajstić information content (AvgIpc) is 3.12. The van der Waals surface area contributed by atoms with E-state index in [-0.39, 0.29) is 11.3 Å². The minimum absolute atomic E-state index is 0.0840. The highest BCUT2D eigenvalue weighted by atomic mass is 19.1. The van der Waals surface area contributed by atoms with Gasteiger partial charge < -0.3 is 10.4 Å². The molecule has 1 amide bonds. The van der Waals surface area contributed by atoms with Crippen molar-refractivity contribution in [2.45, 2.75) is 12.5 Å². The summed E-state index contributed by atoms with van der Waals surface area (Å²) in [6.07, 6.45) is 3.18. The van der Waals surface area contributed by atoms with Crippen molar-refractivity contribution in [3.63, 3.8) is 0 Å². The maximum absolute atomic E-state index is 13.5.